The van der Waals surface area contributed by atoms with Crippen LogP contribution in [0.4, 0.5) is 0 Å². The first-order chi connectivity index (χ1) is 10.9. The van der Waals surface area contributed by atoms with Gasteiger partial charge in [-0.1, -0.05) is 26.0 Å². The van der Waals surface area contributed by atoms with E-state index in [4.69, 9.17) is 4.74 Å². The van der Waals surface area contributed by atoms with E-state index in [1.54, 1.807) is 0 Å². The molecule has 126 valence electrons. The zero-order valence-corrected chi connectivity index (χ0v) is 14.3. The molecule has 7 atom stereocenters. The third-order valence-electron chi connectivity index (χ3n) is 8.16. The maximum atomic E-state index is 12.3. The van der Waals surface area contributed by atoms with Gasteiger partial charge in [0.1, 0.15) is 12.4 Å². The first-order valence-corrected chi connectivity index (χ1v) is 9.24. The van der Waals surface area contributed by atoms with Gasteiger partial charge in [-0.25, -0.2) is 0 Å². The Labute approximate surface area is 138 Å². The van der Waals surface area contributed by atoms with E-state index in [9.17, 15) is 9.59 Å². The first kappa shape index (κ1) is 15.4. The molecule has 0 N–H and O–H groups in total. The average Bonchev–Trinajstić information content (AvgIpc) is 3.01. The molecule has 4 fully saturated rings. The topological polar surface area (TPSA) is 43.4 Å². The lowest BCUT2D eigenvalue weighted by molar-refractivity contribution is -0.148. The van der Waals surface area contributed by atoms with Crippen molar-refractivity contribution in [1.29, 1.82) is 0 Å². The van der Waals surface area contributed by atoms with Crippen molar-refractivity contribution in [2.75, 3.05) is 0 Å². The molecule has 0 spiro atoms. The Bertz CT molecular complexity index is 567. The molecule has 3 saturated carbocycles. The number of carbonyl (C=O) groups is 2. The van der Waals surface area contributed by atoms with Crippen molar-refractivity contribution in [2.24, 2.45) is 34.5 Å². The number of ether oxygens (including phenoxy) is 1. The second kappa shape index (κ2) is 4.94. The molecule has 3 nitrogen and oxygen atoms in total. The normalized spacial score (nSPS) is 52.2. The predicted molar refractivity (Wildman–Crippen MR) is 87.6 cm³/mol. The molecule has 3 aliphatic carbocycles. The lowest BCUT2D eigenvalue weighted by Crippen LogP contribution is -2.50. The number of allylic oxidation sites excluding steroid dienone is 1. The Morgan fingerprint density at radius 3 is 2.70 bits per heavy atom. The lowest BCUT2D eigenvalue weighted by atomic mass is 9.50. The number of aldehydes is 1. The van der Waals surface area contributed by atoms with E-state index in [1.807, 2.05) is 0 Å². The van der Waals surface area contributed by atoms with Crippen molar-refractivity contribution < 1.29 is 14.3 Å². The van der Waals surface area contributed by atoms with Crippen molar-refractivity contribution in [1.82, 2.24) is 0 Å². The highest BCUT2D eigenvalue weighted by molar-refractivity contribution is 5.76. The molecule has 23 heavy (non-hydrogen) atoms. The van der Waals surface area contributed by atoms with Gasteiger partial charge in [0.25, 0.3) is 0 Å². The standard InChI is InChI=1S/C20H28O3/c1-12-4-5-15-14(11-21)16(7-9-19(12,15)2)20(3)8-6-13-10-17(20)18(22)23-13/h11,13-17H,1,4-10H2,2-3H3/t13?,14-,15-,16-,17-,19+,20+/m0/s1. The van der Waals surface area contributed by atoms with E-state index >= 15 is 0 Å². The van der Waals surface area contributed by atoms with Crippen LogP contribution in [0.15, 0.2) is 12.2 Å². The van der Waals surface area contributed by atoms with Crippen molar-refractivity contribution in [3.05, 3.63) is 12.2 Å². The van der Waals surface area contributed by atoms with Gasteiger partial charge in [0.15, 0.2) is 0 Å². The van der Waals surface area contributed by atoms with Gasteiger partial charge in [0.05, 0.1) is 5.92 Å². The van der Waals surface area contributed by atoms with Crippen LogP contribution in [-0.4, -0.2) is 18.4 Å². The summed E-state index contributed by atoms with van der Waals surface area (Å²) in [6.07, 6.45) is 8.51. The van der Waals surface area contributed by atoms with E-state index in [2.05, 4.69) is 20.4 Å². The summed E-state index contributed by atoms with van der Waals surface area (Å²) in [6, 6.07) is 0. The van der Waals surface area contributed by atoms with Gasteiger partial charge in [-0.05, 0) is 67.6 Å². The van der Waals surface area contributed by atoms with E-state index < -0.39 is 0 Å². The average molecular weight is 316 g/mol. The molecule has 4 rings (SSSR count). The molecule has 4 aliphatic rings. The molecule has 0 aromatic heterocycles. The fourth-order valence-corrected chi connectivity index (χ4v) is 6.52. The Balaban J connectivity index is 1.68. The Hall–Kier alpha value is -1.12. The van der Waals surface area contributed by atoms with Gasteiger partial charge in [-0.15, -0.1) is 0 Å². The van der Waals surface area contributed by atoms with Gasteiger partial charge < -0.3 is 9.53 Å². The van der Waals surface area contributed by atoms with Gasteiger partial charge in [-0.3, -0.25) is 4.79 Å². The highest BCUT2D eigenvalue weighted by Crippen LogP contribution is 2.63. The summed E-state index contributed by atoms with van der Waals surface area (Å²) >= 11 is 0. The van der Waals surface area contributed by atoms with Crippen LogP contribution in [0.1, 0.15) is 58.8 Å². The summed E-state index contributed by atoms with van der Waals surface area (Å²) in [5.74, 6) is 0.799. The highest BCUT2D eigenvalue weighted by atomic mass is 16.6. The van der Waals surface area contributed by atoms with Gasteiger partial charge in [0.2, 0.25) is 0 Å². The van der Waals surface area contributed by atoms with Crippen LogP contribution >= 0.6 is 0 Å². The van der Waals surface area contributed by atoms with Crippen LogP contribution in [0, 0.1) is 34.5 Å². The smallest absolute Gasteiger partial charge is 0.309 e. The maximum Gasteiger partial charge on any atom is 0.309 e. The van der Waals surface area contributed by atoms with Crippen molar-refractivity contribution >= 4 is 12.3 Å². The van der Waals surface area contributed by atoms with Crippen molar-refractivity contribution in [3.8, 4) is 0 Å². The fourth-order valence-electron chi connectivity index (χ4n) is 6.52. The molecular weight excluding hydrogens is 288 g/mol. The van der Waals surface area contributed by atoms with Gasteiger partial charge >= 0.3 is 5.97 Å². The number of esters is 1. The zero-order valence-electron chi connectivity index (χ0n) is 14.3. The summed E-state index contributed by atoms with van der Waals surface area (Å²) in [7, 11) is 0. The van der Waals surface area contributed by atoms with Crippen LogP contribution in [0.25, 0.3) is 0 Å². The molecule has 0 radical (unpaired) electrons. The van der Waals surface area contributed by atoms with Crippen LogP contribution in [-0.2, 0) is 14.3 Å². The summed E-state index contributed by atoms with van der Waals surface area (Å²) in [6.45, 7) is 8.86. The molecule has 0 aromatic carbocycles. The summed E-state index contributed by atoms with van der Waals surface area (Å²) in [5, 5.41) is 0. The van der Waals surface area contributed by atoms with Crippen LogP contribution in [0.3, 0.4) is 0 Å². The quantitative estimate of drug-likeness (QED) is 0.440. The molecule has 1 saturated heterocycles. The molecule has 3 heteroatoms. The molecule has 1 unspecified atom stereocenters. The van der Waals surface area contributed by atoms with E-state index in [0.29, 0.717) is 11.8 Å². The summed E-state index contributed by atoms with van der Waals surface area (Å²) < 4.78 is 5.52. The lowest BCUT2D eigenvalue weighted by Gasteiger charge is -2.53. The molecule has 0 aromatic rings. The summed E-state index contributed by atoms with van der Waals surface area (Å²) in [5.41, 5.74) is 1.40. The molecule has 1 heterocycles. The predicted octanol–water partition coefficient (Wildman–Crippen LogP) is 3.92. The van der Waals surface area contributed by atoms with Gasteiger partial charge in [-0.2, -0.15) is 0 Å². The van der Waals surface area contributed by atoms with Crippen molar-refractivity contribution in [3.63, 3.8) is 0 Å². The first-order valence-electron chi connectivity index (χ1n) is 9.24. The number of rotatable bonds is 2. The second-order valence-corrected chi connectivity index (χ2v) is 8.92. The largest absolute Gasteiger partial charge is 0.462 e. The molecule has 2 bridgehead atoms. The SMILES string of the molecule is C=C1CC[C@H]2[C@H](C=O)[C@@H]([C@@]3(C)CCC4C[C@H]3C(=O)O4)CC[C@]12C. The van der Waals surface area contributed by atoms with Crippen LogP contribution < -0.4 is 0 Å². The minimum absolute atomic E-state index is 0.00246. The van der Waals surface area contributed by atoms with Gasteiger partial charge in [0, 0.05) is 5.92 Å². The molecular formula is C20H28O3. The van der Waals surface area contributed by atoms with Crippen molar-refractivity contribution in [2.45, 2.75) is 64.9 Å². The maximum absolute atomic E-state index is 12.3. The van der Waals surface area contributed by atoms with E-state index in [1.165, 1.54) is 11.9 Å². The molecule has 1 aliphatic heterocycles. The highest BCUT2D eigenvalue weighted by Gasteiger charge is 2.60. The van der Waals surface area contributed by atoms with Crippen LogP contribution in [0.2, 0.25) is 0 Å². The Morgan fingerprint density at radius 2 is 1.96 bits per heavy atom. The second-order valence-electron chi connectivity index (χ2n) is 8.92. The Morgan fingerprint density at radius 1 is 1.17 bits per heavy atom. The summed E-state index contributed by atoms with van der Waals surface area (Å²) in [4.78, 5) is 24.4. The minimum Gasteiger partial charge on any atom is -0.462 e. The number of fused-ring (bicyclic) bond motifs is 3. The monoisotopic (exact) mass is 316 g/mol. The Kier molecular flexibility index (Phi) is 3.31. The fraction of sp³-hybridized carbons (Fsp3) is 0.800. The van der Waals surface area contributed by atoms with E-state index in [-0.39, 0.29) is 34.7 Å². The molecule has 0 amide bonds. The third kappa shape index (κ3) is 1.94. The minimum atomic E-state index is -0.0685. The van der Waals surface area contributed by atoms with E-state index in [0.717, 1.165) is 44.9 Å². The third-order valence-corrected chi connectivity index (χ3v) is 8.16. The zero-order chi connectivity index (χ0) is 16.4. The number of hydrogen-bond donors (Lipinski definition) is 0. The van der Waals surface area contributed by atoms with Crippen LogP contribution in [0.5, 0.6) is 0 Å². The number of hydrogen-bond acceptors (Lipinski definition) is 3. The number of carbonyl (C=O) groups excluding carboxylic acids is 2.